The zero-order valence-electron chi connectivity index (χ0n) is 18.5. The number of aliphatic hydroxyl groups excluding tert-OH is 1. The maximum Gasteiger partial charge on any atom is 0.283 e. The summed E-state index contributed by atoms with van der Waals surface area (Å²) in [5, 5.41) is 19.3. The van der Waals surface area contributed by atoms with Gasteiger partial charge in [-0.15, -0.1) is 0 Å². The summed E-state index contributed by atoms with van der Waals surface area (Å²) in [6, 6.07) is 8.55. The molecule has 3 heterocycles. The topological polar surface area (TPSA) is 99.1 Å². The minimum Gasteiger partial charge on any atom is -0.360 e. The summed E-state index contributed by atoms with van der Waals surface area (Å²) < 4.78 is 26.2. The van der Waals surface area contributed by atoms with Gasteiger partial charge in [-0.1, -0.05) is 44.1 Å². The van der Waals surface area contributed by atoms with Gasteiger partial charge in [-0.05, 0) is 36.5 Å². The fraction of sp³-hybridized carbons (Fsp3) is 0.391. The van der Waals surface area contributed by atoms with E-state index >= 15 is 0 Å². The maximum absolute atomic E-state index is 14.3. The van der Waals surface area contributed by atoms with Crippen LogP contribution in [-0.2, 0) is 17.7 Å². The molecule has 0 saturated heterocycles. The predicted molar refractivity (Wildman–Crippen MR) is 116 cm³/mol. The van der Waals surface area contributed by atoms with E-state index in [1.54, 1.807) is 29.8 Å². The first-order chi connectivity index (χ1) is 15.2. The zero-order valence-corrected chi connectivity index (χ0v) is 18.5. The molecule has 0 aliphatic carbocycles. The van der Waals surface area contributed by atoms with Crippen molar-refractivity contribution in [2.24, 2.45) is 5.41 Å². The van der Waals surface area contributed by atoms with Gasteiger partial charge >= 0.3 is 0 Å². The molecule has 0 saturated carbocycles. The molecule has 0 aliphatic heterocycles. The van der Waals surface area contributed by atoms with E-state index in [0.29, 0.717) is 23.5 Å². The monoisotopic (exact) mass is 439 g/mol. The van der Waals surface area contributed by atoms with Gasteiger partial charge in [0, 0.05) is 18.4 Å². The van der Waals surface area contributed by atoms with Crippen LogP contribution in [0.4, 0.5) is 4.39 Å². The van der Waals surface area contributed by atoms with Gasteiger partial charge < -0.3 is 14.4 Å². The first kappa shape index (κ1) is 22.0. The number of ether oxygens (including phenoxy) is 1. The lowest BCUT2D eigenvalue weighted by Crippen LogP contribution is -2.09. The average Bonchev–Trinajstić information content (AvgIpc) is 3.34. The first-order valence-corrected chi connectivity index (χ1v) is 10.5. The maximum atomic E-state index is 14.3. The van der Waals surface area contributed by atoms with E-state index in [0.717, 1.165) is 17.4 Å². The summed E-state index contributed by atoms with van der Waals surface area (Å²) in [6.45, 7) is 8.70. The van der Waals surface area contributed by atoms with Crippen molar-refractivity contribution in [2.45, 2.75) is 47.0 Å². The molecule has 168 valence electrons. The number of benzene rings is 1. The van der Waals surface area contributed by atoms with Crippen LogP contribution in [0.15, 0.2) is 41.1 Å². The Hall–Kier alpha value is -3.17. The summed E-state index contributed by atoms with van der Waals surface area (Å²) in [7, 11) is 0. The van der Waals surface area contributed by atoms with Crippen LogP contribution in [0.5, 0.6) is 0 Å². The fourth-order valence-corrected chi connectivity index (χ4v) is 3.54. The Labute approximate surface area is 185 Å². The molecule has 1 atom stereocenters. The molecule has 32 heavy (non-hydrogen) atoms. The normalized spacial score (nSPS) is 13.1. The SMILES string of the molecule is CCOC(O)c1nc(-c2nn(Cc3ccccc3F)c3ncc(CC(C)(C)C)cc23)no1. The Balaban J connectivity index is 1.81. The number of fused-ring (bicyclic) bond motifs is 1. The van der Waals surface area contributed by atoms with Crippen LogP contribution in [-0.4, -0.2) is 36.6 Å². The number of pyridine rings is 1. The lowest BCUT2D eigenvalue weighted by molar-refractivity contribution is -0.115. The van der Waals surface area contributed by atoms with E-state index in [-0.39, 0.29) is 29.5 Å². The predicted octanol–water partition coefficient (Wildman–Crippen LogP) is 4.28. The molecule has 4 aromatic rings. The molecule has 0 radical (unpaired) electrons. The third-order valence-electron chi connectivity index (χ3n) is 4.85. The van der Waals surface area contributed by atoms with Gasteiger partial charge in [0.2, 0.25) is 12.1 Å². The quantitative estimate of drug-likeness (QED) is 0.429. The van der Waals surface area contributed by atoms with Crippen LogP contribution in [0, 0.1) is 11.2 Å². The number of nitrogens with zero attached hydrogens (tertiary/aromatic N) is 5. The molecule has 0 spiro atoms. The number of aromatic nitrogens is 5. The van der Waals surface area contributed by atoms with Crippen molar-refractivity contribution in [3.05, 3.63) is 59.4 Å². The molecule has 4 rings (SSSR count). The Morgan fingerprint density at radius 2 is 2.03 bits per heavy atom. The van der Waals surface area contributed by atoms with E-state index in [1.807, 2.05) is 12.3 Å². The molecule has 0 bridgehead atoms. The minimum absolute atomic E-state index is 0.0579. The van der Waals surface area contributed by atoms with Crippen LogP contribution >= 0.6 is 0 Å². The Morgan fingerprint density at radius 3 is 2.75 bits per heavy atom. The zero-order chi connectivity index (χ0) is 22.9. The highest BCUT2D eigenvalue weighted by atomic mass is 19.1. The van der Waals surface area contributed by atoms with Gasteiger partial charge in [0.15, 0.2) is 5.65 Å². The van der Waals surface area contributed by atoms with E-state index in [2.05, 4.69) is 41.0 Å². The van der Waals surface area contributed by atoms with Crippen LogP contribution in [0.1, 0.15) is 51.0 Å². The van der Waals surface area contributed by atoms with E-state index in [1.165, 1.54) is 6.07 Å². The summed E-state index contributed by atoms with van der Waals surface area (Å²) in [4.78, 5) is 8.89. The van der Waals surface area contributed by atoms with Gasteiger partial charge in [0.25, 0.3) is 5.89 Å². The molecule has 0 amide bonds. The Bertz CT molecular complexity index is 1230. The van der Waals surface area contributed by atoms with Crippen LogP contribution < -0.4 is 0 Å². The molecule has 9 heteroatoms. The second-order valence-corrected chi connectivity index (χ2v) is 8.81. The Morgan fingerprint density at radius 1 is 1.25 bits per heavy atom. The molecule has 1 N–H and O–H groups in total. The Kier molecular flexibility index (Phi) is 6.03. The van der Waals surface area contributed by atoms with Gasteiger partial charge in [-0.3, -0.25) is 0 Å². The molecule has 0 fully saturated rings. The highest BCUT2D eigenvalue weighted by molar-refractivity contribution is 5.89. The van der Waals surface area contributed by atoms with Crippen molar-refractivity contribution < 1.29 is 18.8 Å². The molecular weight excluding hydrogens is 413 g/mol. The summed E-state index contributed by atoms with van der Waals surface area (Å²) in [6.07, 6.45) is 1.31. The van der Waals surface area contributed by atoms with Crippen LogP contribution in [0.3, 0.4) is 0 Å². The molecule has 8 nitrogen and oxygen atoms in total. The third kappa shape index (κ3) is 4.68. The van der Waals surface area contributed by atoms with Crippen molar-refractivity contribution in [3.63, 3.8) is 0 Å². The molecule has 3 aromatic heterocycles. The number of aliphatic hydroxyl groups is 1. The molecule has 0 aliphatic rings. The number of hydrogen-bond donors (Lipinski definition) is 1. The van der Waals surface area contributed by atoms with E-state index < -0.39 is 6.29 Å². The van der Waals surface area contributed by atoms with Crippen molar-refractivity contribution in [3.8, 4) is 11.5 Å². The first-order valence-electron chi connectivity index (χ1n) is 10.5. The second-order valence-electron chi connectivity index (χ2n) is 8.81. The number of halogens is 1. The van der Waals surface area contributed by atoms with Crippen molar-refractivity contribution in [2.75, 3.05) is 6.61 Å². The lowest BCUT2D eigenvalue weighted by atomic mass is 9.88. The lowest BCUT2D eigenvalue weighted by Gasteiger charge is -2.17. The van der Waals surface area contributed by atoms with Crippen molar-refractivity contribution in [1.82, 2.24) is 24.9 Å². The highest BCUT2D eigenvalue weighted by Gasteiger charge is 2.23. The smallest absolute Gasteiger partial charge is 0.283 e. The van der Waals surface area contributed by atoms with Gasteiger partial charge in [-0.25, -0.2) is 14.1 Å². The van der Waals surface area contributed by atoms with Gasteiger partial charge in [0.05, 0.1) is 11.9 Å². The molecule has 1 unspecified atom stereocenters. The van der Waals surface area contributed by atoms with Crippen LogP contribution in [0.25, 0.3) is 22.6 Å². The van der Waals surface area contributed by atoms with Crippen molar-refractivity contribution in [1.29, 1.82) is 0 Å². The standard InChI is InChI=1S/C23H26FN5O3/c1-5-31-22(30)21-26-19(28-32-21)18-16-10-14(11-23(2,3)4)12-25-20(16)29(27-18)13-15-8-6-7-9-17(15)24/h6-10,12,22,30H,5,11,13H2,1-4H3. The summed E-state index contributed by atoms with van der Waals surface area (Å²) in [5.74, 6) is -0.174. The van der Waals surface area contributed by atoms with Gasteiger partial charge in [0.1, 0.15) is 11.5 Å². The third-order valence-corrected chi connectivity index (χ3v) is 4.85. The summed E-state index contributed by atoms with van der Waals surface area (Å²) >= 11 is 0. The van der Waals surface area contributed by atoms with E-state index in [4.69, 9.17) is 9.26 Å². The molecular formula is C23H26FN5O3. The van der Waals surface area contributed by atoms with Gasteiger partial charge in [-0.2, -0.15) is 10.1 Å². The minimum atomic E-state index is -1.32. The summed E-state index contributed by atoms with van der Waals surface area (Å²) in [5.41, 5.74) is 2.62. The number of rotatable bonds is 7. The second kappa shape index (κ2) is 8.76. The number of hydrogen-bond acceptors (Lipinski definition) is 7. The molecule has 1 aromatic carbocycles. The van der Waals surface area contributed by atoms with Crippen LogP contribution in [0.2, 0.25) is 0 Å². The van der Waals surface area contributed by atoms with E-state index in [9.17, 15) is 9.50 Å². The van der Waals surface area contributed by atoms with Crippen molar-refractivity contribution >= 4 is 11.0 Å². The average molecular weight is 439 g/mol. The largest absolute Gasteiger partial charge is 0.360 e. The highest BCUT2D eigenvalue weighted by Crippen LogP contribution is 2.29. The fourth-order valence-electron chi connectivity index (χ4n) is 3.54.